The summed E-state index contributed by atoms with van der Waals surface area (Å²) in [6, 6.07) is 16.2. The monoisotopic (exact) mass is 472 g/mol. The Balaban J connectivity index is 1.72. The van der Waals surface area contributed by atoms with Gasteiger partial charge >= 0.3 is 0 Å². The minimum absolute atomic E-state index is 0.148. The van der Waals surface area contributed by atoms with E-state index in [4.69, 9.17) is 0 Å². The van der Waals surface area contributed by atoms with Gasteiger partial charge in [0.1, 0.15) is 0 Å². The Hall–Kier alpha value is -2.26. The number of nitrogens with zero attached hydrogens (tertiary/aromatic N) is 2. The van der Waals surface area contributed by atoms with Crippen molar-refractivity contribution in [2.45, 2.75) is 49.7 Å². The number of piperidine rings is 1. The number of likely N-dealkylation sites (tertiary alicyclic amines) is 1. The van der Waals surface area contributed by atoms with Gasteiger partial charge in [-0.2, -0.15) is 0 Å². The van der Waals surface area contributed by atoms with Crippen LogP contribution in [0.15, 0.2) is 59.5 Å². The van der Waals surface area contributed by atoms with Crippen LogP contribution in [0, 0.1) is 0 Å². The summed E-state index contributed by atoms with van der Waals surface area (Å²) in [5.41, 5.74) is 1.48. The molecule has 1 atom stereocenters. The number of carbonyl (C=O) groups excluding carboxylic acids is 1. The maximum atomic E-state index is 13.1. The van der Waals surface area contributed by atoms with Crippen LogP contribution in [0.25, 0.3) is 0 Å². The second kappa shape index (κ2) is 11.2. The van der Waals surface area contributed by atoms with Crippen molar-refractivity contribution < 1.29 is 13.2 Å². The molecule has 2 aromatic carbocycles. The van der Waals surface area contributed by atoms with E-state index >= 15 is 0 Å². The smallest absolute Gasteiger partial charge is 0.251 e. The van der Waals surface area contributed by atoms with E-state index in [1.807, 2.05) is 30.3 Å². The van der Waals surface area contributed by atoms with Crippen LogP contribution < -0.4 is 10.0 Å². The molecule has 0 unspecified atom stereocenters. The van der Waals surface area contributed by atoms with Gasteiger partial charge in [-0.25, -0.2) is 13.1 Å². The highest BCUT2D eigenvalue weighted by Gasteiger charge is 2.25. The Kier molecular flexibility index (Phi) is 8.64. The standard InChI is InChI=1S/C25H36N4O3S/c1-19(2)27-33(31,32)23-12-10-21(11-13-23)25(30)26-24(20-8-6-5-7-9-20)18-29(4)22-14-16-28(3)17-15-22/h5-13,19,22,24,27H,14-18H2,1-4H3,(H,26,30)/t24-/m1/s1. The zero-order valence-corrected chi connectivity index (χ0v) is 20.8. The van der Waals surface area contributed by atoms with Crippen molar-refractivity contribution in [2.24, 2.45) is 0 Å². The maximum Gasteiger partial charge on any atom is 0.251 e. The maximum absolute atomic E-state index is 13.1. The number of benzene rings is 2. The Bertz CT molecular complexity index is 1000. The van der Waals surface area contributed by atoms with E-state index in [0.29, 0.717) is 18.2 Å². The zero-order chi connectivity index (χ0) is 24.0. The molecule has 33 heavy (non-hydrogen) atoms. The average molecular weight is 473 g/mol. The second-order valence-electron chi connectivity index (χ2n) is 9.21. The summed E-state index contributed by atoms with van der Waals surface area (Å²) >= 11 is 0. The van der Waals surface area contributed by atoms with Crippen molar-refractivity contribution >= 4 is 15.9 Å². The molecular weight excluding hydrogens is 436 g/mol. The van der Waals surface area contributed by atoms with Crippen LogP contribution in [0.2, 0.25) is 0 Å². The van der Waals surface area contributed by atoms with Crippen LogP contribution in [0.5, 0.6) is 0 Å². The van der Waals surface area contributed by atoms with Gasteiger partial charge in [0.25, 0.3) is 5.91 Å². The molecule has 180 valence electrons. The van der Waals surface area contributed by atoms with E-state index in [0.717, 1.165) is 31.5 Å². The molecule has 0 aromatic heterocycles. The highest BCUT2D eigenvalue weighted by Crippen LogP contribution is 2.20. The lowest BCUT2D eigenvalue weighted by atomic mass is 10.0. The number of sulfonamides is 1. The Labute approximate surface area is 198 Å². The number of nitrogens with one attached hydrogen (secondary N) is 2. The SMILES string of the molecule is CC(C)NS(=O)(=O)c1ccc(C(=O)N[C@H](CN(C)C2CCN(C)CC2)c2ccccc2)cc1. The molecule has 1 aliphatic heterocycles. The first kappa shape index (κ1) is 25.4. The molecule has 2 aromatic rings. The Morgan fingerprint density at radius 1 is 1.06 bits per heavy atom. The summed E-state index contributed by atoms with van der Waals surface area (Å²) in [4.78, 5) is 17.9. The summed E-state index contributed by atoms with van der Waals surface area (Å²) < 4.78 is 27.3. The van der Waals surface area contributed by atoms with Gasteiger partial charge in [-0.3, -0.25) is 4.79 Å². The lowest BCUT2D eigenvalue weighted by Crippen LogP contribution is -2.45. The van der Waals surface area contributed by atoms with Crippen LogP contribution in [0.1, 0.15) is 48.7 Å². The van der Waals surface area contributed by atoms with E-state index in [1.165, 1.54) is 12.1 Å². The lowest BCUT2D eigenvalue weighted by Gasteiger charge is -2.37. The molecule has 0 radical (unpaired) electrons. The quantitative estimate of drug-likeness (QED) is 0.587. The van der Waals surface area contributed by atoms with Crippen molar-refractivity contribution in [2.75, 3.05) is 33.7 Å². The number of amides is 1. The molecule has 3 rings (SSSR count). The molecular formula is C25H36N4O3S. The number of hydrogen-bond acceptors (Lipinski definition) is 5. The zero-order valence-electron chi connectivity index (χ0n) is 20.0. The van der Waals surface area contributed by atoms with E-state index in [-0.39, 0.29) is 22.9 Å². The molecule has 1 saturated heterocycles. The van der Waals surface area contributed by atoms with Crippen molar-refractivity contribution in [1.82, 2.24) is 19.8 Å². The largest absolute Gasteiger partial charge is 0.344 e. The molecule has 0 saturated carbocycles. The first-order chi connectivity index (χ1) is 15.7. The number of rotatable bonds is 9. The Morgan fingerprint density at radius 3 is 2.24 bits per heavy atom. The summed E-state index contributed by atoms with van der Waals surface area (Å²) in [5, 5.41) is 3.16. The lowest BCUT2D eigenvalue weighted by molar-refractivity contribution is 0.0905. The van der Waals surface area contributed by atoms with Crippen LogP contribution in [0.4, 0.5) is 0 Å². The van der Waals surface area contributed by atoms with Crippen LogP contribution in [0.3, 0.4) is 0 Å². The van der Waals surface area contributed by atoms with Gasteiger partial charge in [-0.05, 0) is 83.7 Å². The molecule has 0 aliphatic carbocycles. The summed E-state index contributed by atoms with van der Waals surface area (Å²) in [6.45, 7) is 6.41. The molecule has 0 spiro atoms. The van der Waals surface area contributed by atoms with Crippen LogP contribution in [-0.2, 0) is 10.0 Å². The van der Waals surface area contributed by atoms with Crippen molar-refractivity contribution in [3.63, 3.8) is 0 Å². The number of carbonyl (C=O) groups is 1. The van der Waals surface area contributed by atoms with Gasteiger partial charge in [0.05, 0.1) is 10.9 Å². The molecule has 1 heterocycles. The fraction of sp³-hybridized carbons (Fsp3) is 0.480. The molecule has 7 nitrogen and oxygen atoms in total. The fourth-order valence-electron chi connectivity index (χ4n) is 4.20. The fourth-order valence-corrected chi connectivity index (χ4v) is 5.45. The first-order valence-electron chi connectivity index (χ1n) is 11.5. The summed E-state index contributed by atoms with van der Waals surface area (Å²) in [7, 11) is 0.684. The third kappa shape index (κ3) is 7.11. The van der Waals surface area contributed by atoms with Gasteiger partial charge in [0, 0.05) is 24.2 Å². The third-order valence-corrected chi connectivity index (χ3v) is 7.78. The number of hydrogen-bond donors (Lipinski definition) is 2. The highest BCUT2D eigenvalue weighted by atomic mass is 32.2. The van der Waals surface area contributed by atoms with Crippen molar-refractivity contribution in [3.8, 4) is 0 Å². The van der Waals surface area contributed by atoms with Crippen LogP contribution in [-0.4, -0.2) is 69.9 Å². The van der Waals surface area contributed by atoms with Crippen molar-refractivity contribution in [1.29, 1.82) is 0 Å². The minimum atomic E-state index is -3.59. The normalized spacial score (nSPS) is 16.8. The Morgan fingerprint density at radius 2 is 1.67 bits per heavy atom. The summed E-state index contributed by atoms with van der Waals surface area (Å²) in [5.74, 6) is -0.221. The van der Waals surface area contributed by atoms with Gasteiger partial charge in [0.2, 0.25) is 10.0 Å². The summed E-state index contributed by atoms with van der Waals surface area (Å²) in [6.07, 6.45) is 2.23. The average Bonchev–Trinajstić information content (AvgIpc) is 2.79. The van der Waals surface area contributed by atoms with E-state index < -0.39 is 10.0 Å². The molecule has 8 heteroatoms. The van der Waals surface area contributed by atoms with Gasteiger partial charge < -0.3 is 15.1 Å². The van der Waals surface area contributed by atoms with Gasteiger partial charge in [-0.1, -0.05) is 30.3 Å². The van der Waals surface area contributed by atoms with Crippen molar-refractivity contribution in [3.05, 3.63) is 65.7 Å². The molecule has 2 N–H and O–H groups in total. The van der Waals surface area contributed by atoms with E-state index in [1.54, 1.807) is 26.0 Å². The van der Waals surface area contributed by atoms with Gasteiger partial charge in [-0.15, -0.1) is 0 Å². The predicted molar refractivity (Wildman–Crippen MR) is 132 cm³/mol. The molecule has 0 bridgehead atoms. The van der Waals surface area contributed by atoms with E-state index in [9.17, 15) is 13.2 Å². The molecule has 1 amide bonds. The van der Waals surface area contributed by atoms with E-state index in [2.05, 4.69) is 33.9 Å². The molecule has 1 aliphatic rings. The number of likely N-dealkylation sites (N-methyl/N-ethyl adjacent to an activating group) is 1. The highest BCUT2D eigenvalue weighted by molar-refractivity contribution is 7.89. The topological polar surface area (TPSA) is 81.7 Å². The minimum Gasteiger partial charge on any atom is -0.344 e. The molecule has 1 fully saturated rings. The van der Waals surface area contributed by atoms with Crippen LogP contribution >= 0.6 is 0 Å². The first-order valence-corrected chi connectivity index (χ1v) is 13.0. The predicted octanol–water partition coefficient (Wildman–Crippen LogP) is 2.87. The second-order valence-corrected chi connectivity index (χ2v) is 10.9. The van der Waals surface area contributed by atoms with Gasteiger partial charge in [0.15, 0.2) is 0 Å². The third-order valence-electron chi connectivity index (χ3n) is 6.11.